The van der Waals surface area contributed by atoms with E-state index in [9.17, 15) is 23.1 Å². The summed E-state index contributed by atoms with van der Waals surface area (Å²) >= 11 is 1.38. The Labute approximate surface area is 304 Å². The maximum absolute atomic E-state index is 14.3. The lowest BCUT2D eigenvalue weighted by Crippen LogP contribution is -2.57. The summed E-state index contributed by atoms with van der Waals surface area (Å²) in [6, 6.07) is 13.3. The second-order valence-corrected chi connectivity index (χ2v) is 16.1. The number of anilines is 1. The van der Waals surface area contributed by atoms with Crippen molar-refractivity contribution in [1.29, 1.82) is 0 Å². The number of nitrogens with one attached hydrogen (secondary N) is 1. The number of thiazole rings is 1. The van der Waals surface area contributed by atoms with Crippen molar-refractivity contribution in [3.05, 3.63) is 76.8 Å². The van der Waals surface area contributed by atoms with E-state index >= 15 is 0 Å². The van der Waals surface area contributed by atoms with Gasteiger partial charge in [-0.1, -0.05) is 81.7 Å². The number of rotatable bonds is 18. The molecule has 1 aromatic heterocycles. The van der Waals surface area contributed by atoms with E-state index in [2.05, 4.69) is 15.5 Å². The second kappa shape index (κ2) is 17.9. The number of aliphatic hydroxyl groups excluding tert-OH is 1. The lowest BCUT2D eigenvalue weighted by atomic mass is 9.95. The molecule has 1 saturated heterocycles. The van der Waals surface area contributed by atoms with Crippen molar-refractivity contribution in [1.82, 2.24) is 24.4 Å². The van der Waals surface area contributed by atoms with Crippen LogP contribution >= 0.6 is 11.3 Å². The molecule has 4 rings (SSSR count). The van der Waals surface area contributed by atoms with Crippen LogP contribution in [0.3, 0.4) is 0 Å². The fourth-order valence-corrected chi connectivity index (χ4v) is 8.36. The highest BCUT2D eigenvalue weighted by atomic mass is 32.2. The van der Waals surface area contributed by atoms with E-state index in [4.69, 9.17) is 11.0 Å². The van der Waals surface area contributed by atoms with Gasteiger partial charge in [-0.05, 0) is 41.5 Å². The molecule has 3 amide bonds. The van der Waals surface area contributed by atoms with Crippen LogP contribution in [0.25, 0.3) is 0 Å². The Hall–Kier alpha value is -4.09. The minimum atomic E-state index is -4.07. The number of urea groups is 1. The average Bonchev–Trinajstić information content (AvgIpc) is 3.71. The molecule has 0 radical (unpaired) electrons. The Kier molecular flexibility index (Phi) is 13.9. The zero-order chi connectivity index (χ0) is 37.3. The summed E-state index contributed by atoms with van der Waals surface area (Å²) in [4.78, 5) is 35.8. The highest BCUT2D eigenvalue weighted by molar-refractivity contribution is 7.89. The molecule has 0 spiro atoms. The molecule has 0 saturated carbocycles. The van der Waals surface area contributed by atoms with Crippen LogP contribution in [-0.4, -0.2) is 107 Å². The molecule has 1 fully saturated rings. The highest BCUT2D eigenvalue weighted by Crippen LogP contribution is 2.25. The molecule has 1 aliphatic heterocycles. The summed E-state index contributed by atoms with van der Waals surface area (Å²) in [6.07, 6.45) is 0.745. The molecule has 278 valence electrons. The highest BCUT2D eigenvalue weighted by Gasteiger charge is 2.41. The third kappa shape index (κ3) is 10.3. The second-order valence-electron chi connectivity index (χ2n) is 13.4. The summed E-state index contributed by atoms with van der Waals surface area (Å²) in [5.74, 6) is 5.12. The summed E-state index contributed by atoms with van der Waals surface area (Å²) < 4.78 is 29.0. The zero-order valence-corrected chi connectivity index (χ0v) is 31.4. The molecular formula is C35H50N8O6S2. The number of aromatic nitrogens is 1. The van der Waals surface area contributed by atoms with Gasteiger partial charge in [-0.15, -0.1) is 11.3 Å². The smallest absolute Gasteiger partial charge is 0.321 e. The molecule has 2 aromatic carbocycles. The minimum Gasteiger partial charge on any atom is -0.411 e. The topological polar surface area (TPSA) is 185 Å². The van der Waals surface area contributed by atoms with Gasteiger partial charge in [0.25, 0.3) is 0 Å². The van der Waals surface area contributed by atoms with E-state index in [1.807, 2.05) is 63.4 Å². The van der Waals surface area contributed by atoms with E-state index in [0.29, 0.717) is 35.9 Å². The number of hydrazine groups is 1. The first kappa shape index (κ1) is 39.7. The maximum Gasteiger partial charge on any atom is 0.321 e. The van der Waals surface area contributed by atoms with Crippen LogP contribution in [0, 0.1) is 11.8 Å². The van der Waals surface area contributed by atoms with E-state index in [-0.39, 0.29) is 48.8 Å². The Bertz CT molecular complexity index is 1720. The first-order valence-corrected chi connectivity index (χ1v) is 19.3. The Morgan fingerprint density at radius 1 is 1.12 bits per heavy atom. The van der Waals surface area contributed by atoms with Gasteiger partial charge >= 0.3 is 6.03 Å². The Balaban J connectivity index is 1.58. The molecule has 0 unspecified atom stereocenters. The van der Waals surface area contributed by atoms with Gasteiger partial charge in [0.1, 0.15) is 6.04 Å². The molecule has 5 N–H and O–H groups in total. The molecule has 0 bridgehead atoms. The van der Waals surface area contributed by atoms with Crippen molar-refractivity contribution in [2.45, 2.75) is 70.2 Å². The first-order chi connectivity index (χ1) is 24.2. The number of oxime groups is 1. The first-order valence-electron chi connectivity index (χ1n) is 17.0. The van der Waals surface area contributed by atoms with Crippen molar-refractivity contribution in [3.8, 4) is 0 Å². The maximum atomic E-state index is 14.3. The Morgan fingerprint density at radius 2 is 1.80 bits per heavy atom. The van der Waals surface area contributed by atoms with Gasteiger partial charge in [0.15, 0.2) is 5.13 Å². The lowest BCUT2D eigenvalue weighted by molar-refractivity contribution is -0.128. The molecule has 0 aliphatic carbocycles. The molecule has 4 atom stereocenters. The number of hydrogen-bond donors (Lipinski definition) is 4. The standard InChI is InChI=1S/C35H50N8O6S2/c1-6-25(4)32(43-17-16-41(35(43)46)21-28-23-50-34(38-28)40(5)36)33(45)39-30(18-26-10-8-7-9-11-26)31(44)22-42(20-24(2)3)51(48,49)29-14-12-27(13-15-29)19-37-47/h7-15,19,23-25,30-32,44,47H,6,16-18,20-22,36H2,1-5H3,(H,39,45)/b37-19+/t25-,30-,31+,32-/m0/s1. The third-order valence-corrected chi connectivity index (χ3v) is 11.7. The minimum absolute atomic E-state index is 0.0203. The van der Waals surface area contributed by atoms with Crippen LogP contribution in [0.4, 0.5) is 9.93 Å². The van der Waals surface area contributed by atoms with Crippen molar-refractivity contribution in [3.63, 3.8) is 0 Å². The fraction of sp³-hybridized carbons (Fsp3) is 0.486. The number of amides is 3. The predicted octanol–water partition coefficient (Wildman–Crippen LogP) is 3.35. The van der Waals surface area contributed by atoms with Crippen LogP contribution in [0.5, 0.6) is 0 Å². The molecule has 1 aliphatic rings. The van der Waals surface area contributed by atoms with Gasteiger partial charge in [0, 0.05) is 38.6 Å². The van der Waals surface area contributed by atoms with Crippen molar-refractivity contribution >= 4 is 44.6 Å². The molecule has 14 nitrogen and oxygen atoms in total. The number of nitrogens with two attached hydrogens (primary N) is 1. The monoisotopic (exact) mass is 742 g/mol. The number of aliphatic hydroxyl groups is 1. The van der Waals surface area contributed by atoms with Crippen LogP contribution in [-0.2, 0) is 27.8 Å². The lowest BCUT2D eigenvalue weighted by Gasteiger charge is -2.35. The zero-order valence-electron chi connectivity index (χ0n) is 29.8. The molecule has 51 heavy (non-hydrogen) atoms. The van der Waals surface area contributed by atoms with E-state index < -0.39 is 34.1 Å². The van der Waals surface area contributed by atoms with E-state index in [1.54, 1.807) is 16.8 Å². The summed E-state index contributed by atoms with van der Waals surface area (Å²) in [7, 11) is -2.37. The number of carbonyl (C=O) groups excluding carboxylic acids is 2. The summed E-state index contributed by atoms with van der Waals surface area (Å²) in [5.41, 5.74) is 2.06. The third-order valence-electron chi connectivity index (χ3n) is 8.88. The SMILES string of the molecule is CC[C@H](C)[C@@H](C(=O)N[C@@H](Cc1ccccc1)[C@H](O)CN(CC(C)C)S(=O)(=O)c1ccc(/C=N/O)cc1)N1CCN(Cc2csc(N(C)N)n2)C1=O. The van der Waals surface area contributed by atoms with Crippen LogP contribution < -0.4 is 16.2 Å². The molecule has 16 heteroatoms. The van der Waals surface area contributed by atoms with Crippen LogP contribution in [0.15, 0.2) is 70.0 Å². The van der Waals surface area contributed by atoms with Crippen LogP contribution in [0.1, 0.15) is 50.9 Å². The number of carbonyl (C=O) groups is 2. The Morgan fingerprint density at radius 3 is 2.39 bits per heavy atom. The fourth-order valence-electron chi connectivity index (χ4n) is 6.04. The quantitative estimate of drug-likeness (QED) is 0.0657. The molecule has 3 aromatic rings. The van der Waals surface area contributed by atoms with Gasteiger partial charge in [0.2, 0.25) is 15.9 Å². The van der Waals surface area contributed by atoms with Gasteiger partial charge < -0.3 is 25.4 Å². The number of hydrogen-bond acceptors (Lipinski definition) is 11. The number of benzene rings is 2. The van der Waals surface area contributed by atoms with Gasteiger partial charge in [-0.25, -0.2) is 24.0 Å². The number of nitrogens with zero attached hydrogens (tertiary/aromatic N) is 6. The summed E-state index contributed by atoms with van der Waals surface area (Å²) in [5, 5.41) is 30.6. The van der Waals surface area contributed by atoms with Crippen molar-refractivity contribution < 1.29 is 28.3 Å². The van der Waals surface area contributed by atoms with Crippen molar-refractivity contribution in [2.75, 3.05) is 38.2 Å². The van der Waals surface area contributed by atoms with E-state index in [0.717, 1.165) is 5.56 Å². The van der Waals surface area contributed by atoms with E-state index in [1.165, 1.54) is 51.1 Å². The van der Waals surface area contributed by atoms with Crippen LogP contribution in [0.2, 0.25) is 0 Å². The molecule has 2 heterocycles. The van der Waals surface area contributed by atoms with Gasteiger partial charge in [-0.3, -0.25) is 9.80 Å². The number of sulfonamides is 1. The van der Waals surface area contributed by atoms with Gasteiger partial charge in [0.05, 0.1) is 35.5 Å². The summed E-state index contributed by atoms with van der Waals surface area (Å²) in [6.45, 7) is 8.52. The largest absolute Gasteiger partial charge is 0.411 e. The predicted molar refractivity (Wildman–Crippen MR) is 198 cm³/mol. The average molecular weight is 743 g/mol. The normalized spacial score (nSPS) is 16.2. The molecular weight excluding hydrogens is 693 g/mol. The van der Waals surface area contributed by atoms with Crippen molar-refractivity contribution in [2.24, 2.45) is 22.8 Å². The van der Waals surface area contributed by atoms with Gasteiger partial charge in [-0.2, -0.15) is 4.31 Å².